The van der Waals surface area contributed by atoms with Crippen molar-refractivity contribution in [1.29, 1.82) is 0 Å². The topological polar surface area (TPSA) is 32.3 Å². The van der Waals surface area contributed by atoms with Gasteiger partial charge in [-0.3, -0.25) is 4.79 Å². The summed E-state index contributed by atoms with van der Waals surface area (Å²) in [6, 6.07) is 8.32. The fourth-order valence-electron chi connectivity index (χ4n) is 2.55. The van der Waals surface area contributed by atoms with Gasteiger partial charge in [-0.1, -0.05) is 26.0 Å². The van der Waals surface area contributed by atoms with Crippen LogP contribution in [0.1, 0.15) is 38.2 Å². The zero-order valence-corrected chi connectivity index (χ0v) is 12.1. The minimum absolute atomic E-state index is 0.128. The molecule has 19 heavy (non-hydrogen) atoms. The fraction of sp³-hybridized carbons (Fsp3) is 0.562. The Bertz CT molecular complexity index is 419. The van der Waals surface area contributed by atoms with Gasteiger partial charge in [0.25, 0.3) is 0 Å². The normalized spacial score (nSPS) is 19.5. The first-order valence-corrected chi connectivity index (χ1v) is 7.18. The molecule has 1 unspecified atom stereocenters. The van der Waals surface area contributed by atoms with Crippen molar-refractivity contribution in [2.24, 2.45) is 5.92 Å². The third-order valence-electron chi connectivity index (χ3n) is 3.92. The summed E-state index contributed by atoms with van der Waals surface area (Å²) in [6.45, 7) is 6.21. The van der Waals surface area contributed by atoms with Crippen LogP contribution in [0.4, 0.5) is 5.69 Å². The van der Waals surface area contributed by atoms with Crippen LogP contribution in [0.15, 0.2) is 24.3 Å². The standard InChI is InChI=1S/C16H24N2O/c1-12(2)13-6-8-15(9-7-13)18(3)16(19)14-5-4-10-17-11-14/h6-9,12,14,17H,4-5,10-11H2,1-3H3. The molecular weight excluding hydrogens is 236 g/mol. The zero-order chi connectivity index (χ0) is 13.8. The maximum absolute atomic E-state index is 12.4. The predicted octanol–water partition coefficient (Wildman–Crippen LogP) is 2.77. The van der Waals surface area contributed by atoms with Crippen molar-refractivity contribution in [3.8, 4) is 0 Å². The van der Waals surface area contributed by atoms with Crippen LogP contribution in [0.3, 0.4) is 0 Å². The summed E-state index contributed by atoms with van der Waals surface area (Å²) in [4.78, 5) is 14.2. The quantitative estimate of drug-likeness (QED) is 0.906. The van der Waals surface area contributed by atoms with Gasteiger partial charge in [0, 0.05) is 19.3 Å². The molecule has 1 saturated heterocycles. The van der Waals surface area contributed by atoms with E-state index in [9.17, 15) is 4.79 Å². The number of carbonyl (C=O) groups excluding carboxylic acids is 1. The van der Waals surface area contributed by atoms with E-state index in [1.54, 1.807) is 4.90 Å². The van der Waals surface area contributed by atoms with Gasteiger partial charge >= 0.3 is 0 Å². The van der Waals surface area contributed by atoms with E-state index in [1.807, 2.05) is 19.2 Å². The number of nitrogens with zero attached hydrogens (tertiary/aromatic N) is 1. The Morgan fingerprint density at radius 1 is 1.32 bits per heavy atom. The van der Waals surface area contributed by atoms with Crippen molar-refractivity contribution in [3.05, 3.63) is 29.8 Å². The zero-order valence-electron chi connectivity index (χ0n) is 12.1. The summed E-state index contributed by atoms with van der Waals surface area (Å²) < 4.78 is 0. The van der Waals surface area contributed by atoms with Crippen LogP contribution in [0.25, 0.3) is 0 Å². The van der Waals surface area contributed by atoms with Gasteiger partial charge in [-0.2, -0.15) is 0 Å². The summed E-state index contributed by atoms with van der Waals surface area (Å²) in [5.41, 5.74) is 2.30. The van der Waals surface area contributed by atoms with Gasteiger partial charge < -0.3 is 10.2 Å². The first kappa shape index (κ1) is 14.1. The predicted molar refractivity (Wildman–Crippen MR) is 79.5 cm³/mol. The second-order valence-electron chi connectivity index (χ2n) is 5.69. The smallest absolute Gasteiger partial charge is 0.231 e. The number of amides is 1. The minimum atomic E-state index is 0.128. The highest BCUT2D eigenvalue weighted by Crippen LogP contribution is 2.22. The van der Waals surface area contributed by atoms with Gasteiger partial charge in [-0.25, -0.2) is 0 Å². The molecule has 1 aliphatic heterocycles. The van der Waals surface area contributed by atoms with E-state index in [0.717, 1.165) is 31.6 Å². The Kier molecular flexibility index (Phi) is 4.59. The maximum atomic E-state index is 12.4. The number of nitrogens with one attached hydrogen (secondary N) is 1. The molecule has 1 heterocycles. The lowest BCUT2D eigenvalue weighted by atomic mass is 9.97. The van der Waals surface area contributed by atoms with Crippen LogP contribution < -0.4 is 10.2 Å². The molecule has 104 valence electrons. The van der Waals surface area contributed by atoms with Crippen molar-refractivity contribution in [2.75, 3.05) is 25.0 Å². The third kappa shape index (κ3) is 3.35. The van der Waals surface area contributed by atoms with E-state index >= 15 is 0 Å². The van der Waals surface area contributed by atoms with Gasteiger partial charge in [-0.05, 0) is 43.0 Å². The van der Waals surface area contributed by atoms with E-state index in [1.165, 1.54) is 5.56 Å². The average Bonchev–Trinajstić information content (AvgIpc) is 2.46. The molecule has 0 spiro atoms. The second kappa shape index (κ2) is 6.20. The van der Waals surface area contributed by atoms with Crippen LogP contribution in [-0.2, 0) is 4.79 Å². The maximum Gasteiger partial charge on any atom is 0.231 e. The van der Waals surface area contributed by atoms with Gasteiger partial charge in [0.05, 0.1) is 5.92 Å². The summed E-state index contributed by atoms with van der Waals surface area (Å²) in [5, 5.41) is 3.30. The lowest BCUT2D eigenvalue weighted by Gasteiger charge is -2.27. The number of benzene rings is 1. The first-order valence-electron chi connectivity index (χ1n) is 7.18. The van der Waals surface area contributed by atoms with Gasteiger partial charge in [0.2, 0.25) is 5.91 Å². The summed E-state index contributed by atoms with van der Waals surface area (Å²) >= 11 is 0. The lowest BCUT2D eigenvalue weighted by molar-refractivity contribution is -0.122. The Labute approximate surface area is 116 Å². The SMILES string of the molecule is CC(C)c1ccc(N(C)C(=O)C2CCCNC2)cc1. The molecule has 2 rings (SSSR count). The number of rotatable bonds is 3. The van der Waals surface area contributed by atoms with Crippen molar-refractivity contribution < 1.29 is 4.79 Å². The van der Waals surface area contributed by atoms with E-state index in [2.05, 4.69) is 31.3 Å². The Morgan fingerprint density at radius 2 is 2.00 bits per heavy atom. The largest absolute Gasteiger partial charge is 0.316 e. The summed E-state index contributed by atoms with van der Waals surface area (Å²) in [7, 11) is 1.88. The second-order valence-corrected chi connectivity index (χ2v) is 5.69. The van der Waals surface area contributed by atoms with Crippen molar-refractivity contribution >= 4 is 11.6 Å². The summed E-state index contributed by atoms with van der Waals surface area (Å²) in [6.07, 6.45) is 2.09. The number of carbonyl (C=O) groups is 1. The molecule has 1 amide bonds. The van der Waals surface area contributed by atoms with Gasteiger partial charge in [0.1, 0.15) is 0 Å². The Hall–Kier alpha value is -1.35. The first-order chi connectivity index (χ1) is 9.09. The monoisotopic (exact) mass is 260 g/mol. The highest BCUT2D eigenvalue weighted by atomic mass is 16.2. The molecule has 3 heteroatoms. The number of hydrogen-bond acceptors (Lipinski definition) is 2. The van der Waals surface area contributed by atoms with E-state index in [0.29, 0.717) is 5.92 Å². The molecule has 0 radical (unpaired) electrons. The molecule has 0 aliphatic carbocycles. The average molecular weight is 260 g/mol. The third-order valence-corrected chi connectivity index (χ3v) is 3.92. The van der Waals surface area contributed by atoms with E-state index in [-0.39, 0.29) is 11.8 Å². The molecule has 1 aliphatic rings. The summed E-state index contributed by atoms with van der Waals surface area (Å²) in [5.74, 6) is 0.880. The molecule has 3 nitrogen and oxygen atoms in total. The van der Waals surface area contributed by atoms with E-state index in [4.69, 9.17) is 0 Å². The van der Waals surface area contributed by atoms with E-state index < -0.39 is 0 Å². The van der Waals surface area contributed by atoms with Crippen molar-refractivity contribution in [2.45, 2.75) is 32.6 Å². The van der Waals surface area contributed by atoms with Crippen LogP contribution >= 0.6 is 0 Å². The molecule has 1 aromatic carbocycles. The lowest BCUT2D eigenvalue weighted by Crippen LogP contribution is -2.41. The van der Waals surface area contributed by atoms with Crippen LogP contribution in [0.2, 0.25) is 0 Å². The highest BCUT2D eigenvalue weighted by Gasteiger charge is 2.24. The number of piperidine rings is 1. The Balaban J connectivity index is 2.05. The van der Waals surface area contributed by atoms with Gasteiger partial charge in [0.15, 0.2) is 0 Å². The molecule has 1 atom stereocenters. The number of anilines is 1. The number of hydrogen-bond donors (Lipinski definition) is 1. The molecule has 0 bridgehead atoms. The molecule has 0 aromatic heterocycles. The van der Waals surface area contributed by atoms with Crippen molar-refractivity contribution in [1.82, 2.24) is 5.32 Å². The van der Waals surface area contributed by atoms with Crippen molar-refractivity contribution in [3.63, 3.8) is 0 Å². The molecule has 1 aromatic rings. The molecule has 1 fully saturated rings. The Morgan fingerprint density at radius 3 is 2.53 bits per heavy atom. The van der Waals surface area contributed by atoms with Crippen LogP contribution in [0, 0.1) is 5.92 Å². The van der Waals surface area contributed by atoms with Gasteiger partial charge in [-0.15, -0.1) is 0 Å². The molecular formula is C16H24N2O. The molecule has 0 saturated carbocycles. The highest BCUT2D eigenvalue weighted by molar-refractivity contribution is 5.94. The van der Waals surface area contributed by atoms with Crippen LogP contribution in [-0.4, -0.2) is 26.0 Å². The minimum Gasteiger partial charge on any atom is -0.316 e. The van der Waals surface area contributed by atoms with Crippen LogP contribution in [0.5, 0.6) is 0 Å². The fourth-order valence-corrected chi connectivity index (χ4v) is 2.55. The molecule has 1 N–H and O–H groups in total.